The van der Waals surface area contributed by atoms with Crippen LogP contribution in [0.1, 0.15) is 55.6 Å². The maximum atomic E-state index is 13.1. The molecule has 6 heteroatoms. The number of likely N-dealkylation sites (tertiary alicyclic amines) is 1. The van der Waals surface area contributed by atoms with Crippen molar-refractivity contribution in [2.75, 3.05) is 18.4 Å². The average Bonchev–Trinajstić information content (AvgIpc) is 3.48. The molecule has 1 atom stereocenters. The van der Waals surface area contributed by atoms with Gasteiger partial charge in [-0.2, -0.15) is 0 Å². The van der Waals surface area contributed by atoms with Crippen LogP contribution in [0, 0.1) is 5.92 Å². The van der Waals surface area contributed by atoms with E-state index in [1.54, 1.807) is 6.20 Å². The van der Waals surface area contributed by atoms with Crippen molar-refractivity contribution in [3.63, 3.8) is 0 Å². The van der Waals surface area contributed by atoms with Gasteiger partial charge in [0.2, 0.25) is 11.8 Å². The largest absolute Gasteiger partial charge is 0.444 e. The van der Waals surface area contributed by atoms with Gasteiger partial charge in [-0.1, -0.05) is 36.4 Å². The lowest BCUT2D eigenvalue weighted by molar-refractivity contribution is -0.134. The van der Waals surface area contributed by atoms with Crippen molar-refractivity contribution in [2.24, 2.45) is 5.92 Å². The van der Waals surface area contributed by atoms with Crippen molar-refractivity contribution in [1.29, 1.82) is 0 Å². The second kappa shape index (κ2) is 8.42. The Bertz CT molecular complexity index is 1210. The summed E-state index contributed by atoms with van der Waals surface area (Å²) in [6, 6.07) is 16.3. The Kier molecular flexibility index (Phi) is 5.24. The quantitative estimate of drug-likeness (QED) is 0.579. The molecule has 174 valence electrons. The summed E-state index contributed by atoms with van der Waals surface area (Å²) in [5.41, 5.74) is 4.40. The number of piperidine rings is 1. The summed E-state index contributed by atoms with van der Waals surface area (Å²) >= 11 is 0. The molecular formula is C28H29N3O3. The normalized spacial score (nSPS) is 20.8. The first-order valence-electron chi connectivity index (χ1n) is 12.3. The number of hydrogen-bond acceptors (Lipinski definition) is 4. The molecule has 1 N–H and O–H groups in total. The number of amides is 2. The van der Waals surface area contributed by atoms with E-state index in [0.717, 1.165) is 56.4 Å². The Balaban J connectivity index is 1.15. The first kappa shape index (κ1) is 21.1. The third kappa shape index (κ3) is 3.91. The zero-order valence-electron chi connectivity index (χ0n) is 19.2. The van der Waals surface area contributed by atoms with Crippen LogP contribution in [0.25, 0.3) is 11.3 Å². The Hall–Kier alpha value is -3.41. The lowest BCUT2D eigenvalue weighted by Crippen LogP contribution is -2.45. The number of nitrogens with one attached hydrogen (secondary N) is 1. The lowest BCUT2D eigenvalue weighted by Gasteiger charge is -2.40. The predicted octanol–water partition coefficient (Wildman–Crippen LogP) is 5.13. The fraction of sp³-hybridized carbons (Fsp3) is 0.393. The van der Waals surface area contributed by atoms with Gasteiger partial charge in [0, 0.05) is 36.7 Å². The molecule has 2 fully saturated rings. The molecule has 2 aromatic carbocycles. The van der Waals surface area contributed by atoms with E-state index in [0.29, 0.717) is 18.1 Å². The molecule has 3 aromatic rings. The zero-order valence-corrected chi connectivity index (χ0v) is 19.2. The summed E-state index contributed by atoms with van der Waals surface area (Å²) in [6.07, 6.45) is 8.59. The summed E-state index contributed by atoms with van der Waals surface area (Å²) in [6.45, 7) is 1.66. The van der Waals surface area contributed by atoms with Crippen LogP contribution in [0.3, 0.4) is 0 Å². The van der Waals surface area contributed by atoms with E-state index >= 15 is 0 Å². The van der Waals surface area contributed by atoms with Gasteiger partial charge in [-0.05, 0) is 66.7 Å². The molecule has 1 spiro atoms. The number of hydrogen-bond donors (Lipinski definition) is 1. The smallest absolute Gasteiger partial charge is 0.225 e. The Labute approximate surface area is 199 Å². The number of carbonyl (C=O) groups excluding carboxylic acids is 2. The zero-order chi connectivity index (χ0) is 23.1. The highest BCUT2D eigenvalue weighted by Gasteiger charge is 2.47. The second-order valence-electron chi connectivity index (χ2n) is 10.1. The molecular weight excluding hydrogens is 426 g/mol. The van der Waals surface area contributed by atoms with Gasteiger partial charge in [-0.15, -0.1) is 0 Å². The highest BCUT2D eigenvalue weighted by Crippen LogP contribution is 2.53. The van der Waals surface area contributed by atoms with E-state index in [2.05, 4.69) is 39.5 Å². The van der Waals surface area contributed by atoms with Crippen LogP contribution in [0.4, 0.5) is 5.69 Å². The molecule has 34 heavy (non-hydrogen) atoms. The van der Waals surface area contributed by atoms with E-state index in [-0.39, 0.29) is 23.2 Å². The van der Waals surface area contributed by atoms with Gasteiger partial charge in [0.1, 0.15) is 0 Å². The van der Waals surface area contributed by atoms with Crippen LogP contribution in [0.5, 0.6) is 0 Å². The van der Waals surface area contributed by atoms with Crippen molar-refractivity contribution in [3.05, 3.63) is 72.2 Å². The van der Waals surface area contributed by atoms with Crippen LogP contribution < -0.4 is 5.32 Å². The van der Waals surface area contributed by atoms with Gasteiger partial charge >= 0.3 is 0 Å². The number of benzene rings is 2. The number of nitrogens with zero attached hydrogens (tertiary/aromatic N) is 2. The molecule has 1 unspecified atom stereocenters. The van der Waals surface area contributed by atoms with Crippen molar-refractivity contribution in [2.45, 2.75) is 49.9 Å². The molecule has 2 amide bonds. The third-order valence-corrected chi connectivity index (χ3v) is 7.86. The summed E-state index contributed by atoms with van der Waals surface area (Å²) in [5.74, 6) is 1.52. The molecule has 1 saturated carbocycles. The molecule has 2 aliphatic carbocycles. The Morgan fingerprint density at radius 3 is 2.68 bits per heavy atom. The van der Waals surface area contributed by atoms with E-state index < -0.39 is 0 Å². The van der Waals surface area contributed by atoms with Crippen molar-refractivity contribution < 1.29 is 14.0 Å². The molecule has 6 rings (SSSR count). The Morgan fingerprint density at radius 1 is 1.09 bits per heavy atom. The maximum Gasteiger partial charge on any atom is 0.225 e. The molecule has 0 radical (unpaired) electrons. The standard InChI is InChI=1S/C28H29N3O3/c32-26(30-22-5-3-4-20(14-22)25-17-29-18-34-25)15-21-16-28(24-7-2-1-6-23(21)24)10-12-31(13-11-28)27(33)19-8-9-19/h1-7,14,17-19,21H,8-13,15-16H2,(H,30,32). The van der Waals surface area contributed by atoms with Gasteiger partial charge < -0.3 is 14.6 Å². The molecule has 1 saturated heterocycles. The number of anilines is 1. The number of fused-ring (bicyclic) bond motifs is 2. The van der Waals surface area contributed by atoms with Gasteiger partial charge in [-0.3, -0.25) is 9.59 Å². The van der Waals surface area contributed by atoms with Gasteiger partial charge in [0.15, 0.2) is 12.2 Å². The molecule has 1 aromatic heterocycles. The highest BCUT2D eigenvalue weighted by atomic mass is 16.3. The maximum absolute atomic E-state index is 13.1. The van der Waals surface area contributed by atoms with Crippen LogP contribution in [0.2, 0.25) is 0 Å². The second-order valence-corrected chi connectivity index (χ2v) is 10.1. The molecule has 1 aliphatic heterocycles. The summed E-state index contributed by atoms with van der Waals surface area (Å²) in [4.78, 5) is 31.7. The summed E-state index contributed by atoms with van der Waals surface area (Å²) in [5, 5.41) is 3.08. The van der Waals surface area contributed by atoms with Crippen molar-refractivity contribution in [1.82, 2.24) is 9.88 Å². The van der Waals surface area contributed by atoms with Crippen LogP contribution >= 0.6 is 0 Å². The minimum absolute atomic E-state index is 0.0212. The predicted molar refractivity (Wildman–Crippen MR) is 129 cm³/mol. The lowest BCUT2D eigenvalue weighted by atomic mass is 9.73. The monoisotopic (exact) mass is 455 g/mol. The van der Waals surface area contributed by atoms with Gasteiger partial charge in [-0.25, -0.2) is 4.98 Å². The minimum Gasteiger partial charge on any atom is -0.444 e. The molecule has 3 aliphatic rings. The minimum atomic E-state index is 0.0212. The average molecular weight is 456 g/mol. The van der Waals surface area contributed by atoms with Crippen LogP contribution in [-0.4, -0.2) is 34.8 Å². The first-order valence-corrected chi connectivity index (χ1v) is 12.3. The van der Waals surface area contributed by atoms with E-state index in [1.807, 2.05) is 24.3 Å². The third-order valence-electron chi connectivity index (χ3n) is 7.86. The highest BCUT2D eigenvalue weighted by molar-refractivity contribution is 5.92. The van der Waals surface area contributed by atoms with Crippen LogP contribution in [0.15, 0.2) is 65.5 Å². The Morgan fingerprint density at radius 2 is 1.91 bits per heavy atom. The van der Waals surface area contributed by atoms with E-state index in [9.17, 15) is 9.59 Å². The number of rotatable bonds is 5. The van der Waals surface area contributed by atoms with Crippen molar-refractivity contribution >= 4 is 17.5 Å². The van der Waals surface area contributed by atoms with E-state index in [1.165, 1.54) is 17.5 Å². The molecule has 6 nitrogen and oxygen atoms in total. The molecule has 0 bridgehead atoms. The fourth-order valence-electron chi connectivity index (χ4n) is 5.97. The summed E-state index contributed by atoms with van der Waals surface area (Å²) in [7, 11) is 0. The van der Waals surface area contributed by atoms with E-state index in [4.69, 9.17) is 4.42 Å². The molecule has 2 heterocycles. The number of carbonyl (C=O) groups is 2. The first-order chi connectivity index (χ1) is 16.6. The van der Waals surface area contributed by atoms with Gasteiger partial charge in [0.25, 0.3) is 0 Å². The van der Waals surface area contributed by atoms with Gasteiger partial charge in [0.05, 0.1) is 6.20 Å². The number of aromatic nitrogens is 1. The van der Waals surface area contributed by atoms with Crippen molar-refractivity contribution in [3.8, 4) is 11.3 Å². The van der Waals surface area contributed by atoms with Crippen LogP contribution in [-0.2, 0) is 15.0 Å². The topological polar surface area (TPSA) is 75.4 Å². The number of oxazole rings is 1. The SMILES string of the molecule is O=C(CC1CC2(CCN(C(=O)C3CC3)CC2)c2ccccc21)Nc1cccc(-c2cnco2)c1. The fourth-order valence-corrected chi connectivity index (χ4v) is 5.97. The summed E-state index contributed by atoms with van der Waals surface area (Å²) < 4.78 is 5.38.